The monoisotopic (exact) mass is 252 g/mol. The molecule has 1 aromatic heterocycles. The van der Waals surface area contributed by atoms with E-state index >= 15 is 0 Å². The second kappa shape index (κ2) is 4.86. The van der Waals surface area contributed by atoms with Gasteiger partial charge in [0.1, 0.15) is 6.61 Å². The molecule has 2 heterocycles. The first-order valence-corrected chi connectivity index (χ1v) is 5.34. The van der Waals surface area contributed by atoms with Crippen LogP contribution in [0.4, 0.5) is 10.6 Å². The van der Waals surface area contributed by atoms with Crippen LogP contribution in [-0.2, 0) is 4.74 Å². The molecule has 0 aliphatic carbocycles. The zero-order valence-electron chi connectivity index (χ0n) is 9.56. The molecule has 0 radical (unpaired) electrons. The number of ether oxygens (including phenoxy) is 1. The van der Waals surface area contributed by atoms with Gasteiger partial charge in [0.15, 0.2) is 6.04 Å². The van der Waals surface area contributed by atoms with Crippen LogP contribution in [0.2, 0.25) is 0 Å². The number of hydrogen-bond donors (Lipinski definition) is 0. The number of amides is 1. The van der Waals surface area contributed by atoms with Crippen molar-refractivity contribution >= 4 is 11.9 Å². The van der Waals surface area contributed by atoms with E-state index in [4.69, 9.17) is 4.74 Å². The van der Waals surface area contributed by atoms with Gasteiger partial charge in [0.25, 0.3) is 0 Å². The number of hydrogen-bond acceptors (Lipinski definition) is 5. The molecular formula is C10H12N4O4. The van der Waals surface area contributed by atoms with Crippen molar-refractivity contribution in [2.45, 2.75) is 6.04 Å². The fourth-order valence-corrected chi connectivity index (χ4v) is 1.71. The number of rotatable bonds is 4. The van der Waals surface area contributed by atoms with Gasteiger partial charge in [0, 0.05) is 0 Å². The highest BCUT2D eigenvalue weighted by atomic mass is 16.6. The first-order chi connectivity index (χ1) is 8.63. The Hall–Kier alpha value is -2.38. The van der Waals surface area contributed by atoms with Gasteiger partial charge >= 0.3 is 11.9 Å². The van der Waals surface area contributed by atoms with Crippen molar-refractivity contribution in [1.82, 2.24) is 14.7 Å². The molecule has 0 unspecified atom stereocenters. The Balaban J connectivity index is 1.92. The van der Waals surface area contributed by atoms with Crippen LogP contribution in [0.15, 0.2) is 24.9 Å². The van der Waals surface area contributed by atoms with Gasteiger partial charge in [-0.2, -0.15) is 0 Å². The zero-order chi connectivity index (χ0) is 13.1. The summed E-state index contributed by atoms with van der Waals surface area (Å²) in [5, 5.41) is 14.6. The molecule has 8 nitrogen and oxygen atoms in total. The molecule has 18 heavy (non-hydrogen) atoms. The molecule has 0 aromatic carbocycles. The minimum absolute atomic E-state index is 0.0703. The second-order valence-electron chi connectivity index (χ2n) is 3.82. The Labute approximate surface area is 103 Å². The van der Waals surface area contributed by atoms with E-state index in [0.29, 0.717) is 13.1 Å². The molecule has 1 amide bonds. The maximum absolute atomic E-state index is 11.4. The van der Waals surface area contributed by atoms with Crippen molar-refractivity contribution in [3.8, 4) is 0 Å². The molecule has 1 saturated heterocycles. The van der Waals surface area contributed by atoms with E-state index in [2.05, 4.69) is 11.7 Å². The van der Waals surface area contributed by atoms with Crippen molar-refractivity contribution < 1.29 is 14.5 Å². The number of likely N-dealkylation sites (tertiary alicyclic amines) is 1. The molecule has 0 saturated carbocycles. The van der Waals surface area contributed by atoms with Crippen molar-refractivity contribution in [3.05, 3.63) is 35.0 Å². The van der Waals surface area contributed by atoms with Gasteiger partial charge < -0.3 is 14.9 Å². The number of carbonyl (C=O) groups is 1. The van der Waals surface area contributed by atoms with Gasteiger partial charge in [-0.05, 0) is 4.92 Å². The summed E-state index contributed by atoms with van der Waals surface area (Å²) in [6, 6.07) is 1.16. The Morgan fingerprint density at radius 3 is 3.06 bits per heavy atom. The molecule has 1 aliphatic rings. The van der Waals surface area contributed by atoms with E-state index in [1.54, 1.807) is 0 Å². The molecule has 0 spiro atoms. The normalized spacial score (nSPS) is 15.0. The molecular weight excluding hydrogens is 240 g/mol. The van der Waals surface area contributed by atoms with Gasteiger partial charge in [-0.1, -0.05) is 17.8 Å². The maximum atomic E-state index is 11.4. The summed E-state index contributed by atoms with van der Waals surface area (Å²) in [6.45, 7) is 4.31. The number of carbonyl (C=O) groups excluding carboxylic acids is 1. The fraction of sp³-hybridized carbons (Fsp3) is 0.400. The summed E-state index contributed by atoms with van der Waals surface area (Å²) in [5.74, 6) is -0.0703. The zero-order valence-corrected chi connectivity index (χ0v) is 9.56. The van der Waals surface area contributed by atoms with Gasteiger partial charge in [-0.3, -0.25) is 4.90 Å². The third-order valence-corrected chi connectivity index (χ3v) is 2.63. The Kier molecular flexibility index (Phi) is 3.26. The summed E-state index contributed by atoms with van der Waals surface area (Å²) >= 11 is 0. The van der Waals surface area contributed by atoms with Crippen LogP contribution >= 0.6 is 0 Å². The van der Waals surface area contributed by atoms with Gasteiger partial charge in [-0.15, -0.1) is 4.68 Å². The summed E-state index contributed by atoms with van der Waals surface area (Å²) in [4.78, 5) is 23.1. The molecule has 0 N–H and O–H groups in total. The Morgan fingerprint density at radius 1 is 1.72 bits per heavy atom. The van der Waals surface area contributed by atoms with Crippen molar-refractivity contribution in [1.29, 1.82) is 0 Å². The van der Waals surface area contributed by atoms with Crippen LogP contribution in [0, 0.1) is 10.1 Å². The van der Waals surface area contributed by atoms with Crippen LogP contribution in [0.25, 0.3) is 0 Å². The summed E-state index contributed by atoms with van der Waals surface area (Å²) in [5.41, 5.74) is 0. The number of nitro groups is 1. The molecule has 0 atom stereocenters. The quantitative estimate of drug-likeness (QED) is 0.452. The average molecular weight is 252 g/mol. The standard InChI is InChI=1S/C10H12N4O4/c1-2-5-18-10(15)12-6-8(7-12)13-9(14(16)17)3-4-11-13/h2-4,8H,1,5-7H2. The molecule has 0 bridgehead atoms. The SMILES string of the molecule is C=CCOC(=O)N1CC(n2nccc2[N+](=O)[O-])C1. The average Bonchev–Trinajstić information content (AvgIpc) is 2.73. The van der Waals surface area contributed by atoms with Gasteiger partial charge in [-0.25, -0.2) is 4.79 Å². The molecule has 2 rings (SSSR count). The molecule has 1 aromatic rings. The maximum Gasteiger partial charge on any atom is 0.410 e. The number of nitrogens with zero attached hydrogens (tertiary/aromatic N) is 4. The second-order valence-corrected chi connectivity index (χ2v) is 3.82. The lowest BCUT2D eigenvalue weighted by Crippen LogP contribution is -2.51. The largest absolute Gasteiger partial charge is 0.445 e. The smallest absolute Gasteiger partial charge is 0.410 e. The van der Waals surface area contributed by atoms with Crippen LogP contribution in [-0.4, -0.2) is 45.4 Å². The molecule has 1 fully saturated rings. The Morgan fingerprint density at radius 2 is 2.44 bits per heavy atom. The number of aromatic nitrogens is 2. The minimum Gasteiger partial charge on any atom is -0.445 e. The predicted molar refractivity (Wildman–Crippen MR) is 61.0 cm³/mol. The van der Waals surface area contributed by atoms with Crippen LogP contribution < -0.4 is 0 Å². The molecule has 8 heteroatoms. The van der Waals surface area contributed by atoms with Crippen LogP contribution in [0.5, 0.6) is 0 Å². The first-order valence-electron chi connectivity index (χ1n) is 5.34. The summed E-state index contributed by atoms with van der Waals surface area (Å²) in [7, 11) is 0. The lowest BCUT2D eigenvalue weighted by atomic mass is 10.1. The van der Waals surface area contributed by atoms with Crippen LogP contribution in [0.1, 0.15) is 6.04 Å². The van der Waals surface area contributed by atoms with Gasteiger partial charge in [0.05, 0.1) is 25.4 Å². The highest BCUT2D eigenvalue weighted by Gasteiger charge is 2.39. The van der Waals surface area contributed by atoms with Crippen molar-refractivity contribution in [3.63, 3.8) is 0 Å². The minimum atomic E-state index is -0.494. The van der Waals surface area contributed by atoms with E-state index in [0.717, 1.165) is 0 Å². The predicted octanol–water partition coefficient (Wildman–Crippen LogP) is 0.971. The first kappa shape index (κ1) is 12.1. The van der Waals surface area contributed by atoms with Crippen LogP contribution in [0.3, 0.4) is 0 Å². The molecule has 1 aliphatic heterocycles. The molecule has 96 valence electrons. The van der Waals surface area contributed by atoms with Gasteiger partial charge in [0.2, 0.25) is 0 Å². The highest BCUT2D eigenvalue weighted by Crippen LogP contribution is 2.25. The Bertz CT molecular complexity index is 478. The van der Waals surface area contributed by atoms with E-state index in [1.165, 1.54) is 27.9 Å². The lowest BCUT2D eigenvalue weighted by Gasteiger charge is -2.35. The summed E-state index contributed by atoms with van der Waals surface area (Å²) < 4.78 is 6.16. The topological polar surface area (TPSA) is 90.5 Å². The van der Waals surface area contributed by atoms with E-state index < -0.39 is 11.0 Å². The van der Waals surface area contributed by atoms with Crippen molar-refractivity contribution in [2.75, 3.05) is 19.7 Å². The highest BCUT2D eigenvalue weighted by molar-refractivity contribution is 5.68. The van der Waals surface area contributed by atoms with E-state index in [-0.39, 0.29) is 18.5 Å². The third kappa shape index (κ3) is 2.17. The summed E-state index contributed by atoms with van der Waals surface area (Å²) in [6.07, 6.45) is 2.41. The van der Waals surface area contributed by atoms with E-state index in [9.17, 15) is 14.9 Å². The fourth-order valence-electron chi connectivity index (χ4n) is 1.71. The third-order valence-electron chi connectivity index (χ3n) is 2.63. The lowest BCUT2D eigenvalue weighted by molar-refractivity contribution is -0.393. The van der Waals surface area contributed by atoms with E-state index in [1.807, 2.05) is 0 Å². The van der Waals surface area contributed by atoms with Crippen molar-refractivity contribution in [2.24, 2.45) is 0 Å².